The Kier molecular flexibility index (Phi) is 1.03. The molecule has 0 saturated heterocycles. The van der Waals surface area contributed by atoms with Gasteiger partial charge in [-0.15, -0.1) is 6.58 Å². The summed E-state index contributed by atoms with van der Waals surface area (Å²) in [4.78, 5) is 0. The van der Waals surface area contributed by atoms with Crippen LogP contribution in [0.5, 0.6) is 0 Å². The highest BCUT2D eigenvalue weighted by Gasteiger charge is 1.51. The summed E-state index contributed by atoms with van der Waals surface area (Å²) < 4.78 is 0. The molecule has 0 aliphatic rings. The third-order valence-electron chi connectivity index (χ3n) is 0. The monoisotopic (exact) mass is 65.1 g/mol. The maximum atomic E-state index is 3.56. The fraction of sp³-hybridized carbons (Fsp3) is 0.500. The van der Waals surface area contributed by atoms with Gasteiger partial charge in [-0.05, 0) is 13.8 Å². The molecule has 0 aliphatic heterocycles. The molecule has 0 unspecified atom stereocenters. The largest absolute Gasteiger partial charge is 0.100 e. The van der Waals surface area contributed by atoms with Crippen molar-refractivity contribution in [2.24, 2.45) is 0 Å². The van der Waals surface area contributed by atoms with Gasteiger partial charge in [-0.2, -0.15) is 0 Å². The lowest BCUT2D eigenvalue weighted by Crippen LogP contribution is -1.43. The minimum Gasteiger partial charge on any atom is -0.100 e. The molecule has 0 amide bonds. The molecule has 0 bridgehead atoms. The van der Waals surface area contributed by atoms with Crippen molar-refractivity contribution in [1.29, 1.82) is 0 Å². The van der Waals surface area contributed by atoms with Gasteiger partial charge in [0.2, 0.25) is 0 Å². The van der Waals surface area contributed by atoms with E-state index >= 15 is 0 Å². The zero-order chi connectivity index (χ0) is 3.58. The third kappa shape index (κ3) is 14.1. The van der Waals surface area contributed by atoms with Gasteiger partial charge in [0, 0.05) is 4.28 Å². The van der Waals surface area contributed by atoms with Gasteiger partial charge in [-0.3, -0.25) is 0 Å². The first kappa shape index (κ1) is 3.74. The standard InChI is InChI=1S/C4H8.3H2/c1-4(2)3;;;/h1H2,2-3H3;3*1H/i;3*1+1. The molecule has 0 aromatic heterocycles. The van der Waals surface area contributed by atoms with E-state index in [2.05, 4.69) is 6.58 Å². The van der Waals surface area contributed by atoms with Crippen LogP contribution in [0.2, 0.25) is 0 Å². The molecule has 0 spiro atoms. The Balaban J connectivity index is -0.0000000150. The highest BCUT2D eigenvalue weighted by atomic mass is 13.6. The van der Waals surface area contributed by atoms with Crippen LogP contribution in [0.3, 0.4) is 0 Å². The fourth-order valence-electron chi connectivity index (χ4n) is 0. The average molecular weight is 65.2 g/mol. The van der Waals surface area contributed by atoms with Crippen molar-refractivity contribution < 1.29 is 4.28 Å². The van der Waals surface area contributed by atoms with Gasteiger partial charge in [0.25, 0.3) is 0 Å². The lowest BCUT2D eigenvalue weighted by molar-refractivity contribution is 1.42. The molecule has 0 atom stereocenters. The highest BCUT2D eigenvalue weighted by molar-refractivity contribution is 4.78. The van der Waals surface area contributed by atoms with Crippen molar-refractivity contribution in [2.75, 3.05) is 0 Å². The molecule has 0 nitrogen and oxygen atoms in total. The summed E-state index contributed by atoms with van der Waals surface area (Å²) in [6.45, 7) is 7.50. The third-order valence-corrected chi connectivity index (χ3v) is 0. The van der Waals surface area contributed by atoms with E-state index in [1.54, 1.807) is 0 Å². The summed E-state index contributed by atoms with van der Waals surface area (Å²) in [5.41, 5.74) is 1.17. The maximum absolute atomic E-state index is 3.56. The van der Waals surface area contributed by atoms with Gasteiger partial charge >= 0.3 is 0 Å². The number of allylic oxidation sites excluding steroid dienone is 1. The number of rotatable bonds is 0. The fourth-order valence-corrected chi connectivity index (χ4v) is 0. The molecule has 30 valence electrons. The van der Waals surface area contributed by atoms with Crippen LogP contribution in [0.25, 0.3) is 0 Å². The van der Waals surface area contributed by atoms with Gasteiger partial charge in [-0.1, -0.05) is 5.57 Å². The van der Waals surface area contributed by atoms with Gasteiger partial charge in [0.05, 0.1) is 0 Å². The molecule has 0 rings (SSSR count). The van der Waals surface area contributed by atoms with E-state index < -0.39 is 0 Å². The zero-order valence-corrected chi connectivity index (χ0v) is 3.21. The molecule has 4 heavy (non-hydrogen) atoms. The van der Waals surface area contributed by atoms with Crippen molar-refractivity contribution in [2.45, 2.75) is 13.8 Å². The van der Waals surface area contributed by atoms with Crippen LogP contribution in [-0.4, -0.2) is 0 Å². The lowest BCUT2D eigenvalue weighted by atomic mass is 10.4. The molecular weight excluding hydrogens is 48.0 g/mol. The Morgan fingerprint density at radius 3 is 1.75 bits per heavy atom. The van der Waals surface area contributed by atoms with Crippen LogP contribution < -0.4 is 0 Å². The highest BCUT2D eigenvalue weighted by Crippen LogP contribution is 1.73. The van der Waals surface area contributed by atoms with E-state index in [1.165, 1.54) is 5.57 Å². The summed E-state index contributed by atoms with van der Waals surface area (Å²) in [5.74, 6) is 0. The van der Waals surface area contributed by atoms with Crippen LogP contribution in [0, 0.1) is 0 Å². The second-order valence-corrected chi connectivity index (χ2v) is 1.21. The van der Waals surface area contributed by atoms with Crippen molar-refractivity contribution in [3.63, 3.8) is 0 Å². The quantitative estimate of drug-likeness (QED) is 0.380. The number of hydrogen-bond acceptors (Lipinski definition) is 0. The van der Waals surface area contributed by atoms with Crippen LogP contribution in [0.1, 0.15) is 18.1 Å². The first-order valence-electron chi connectivity index (χ1n) is 1.35. The van der Waals surface area contributed by atoms with Gasteiger partial charge in [0.15, 0.2) is 0 Å². The Bertz CT molecular complexity index is 29.9. The molecule has 0 N–H and O–H groups in total. The van der Waals surface area contributed by atoms with Crippen LogP contribution in [0.15, 0.2) is 12.2 Å². The second kappa shape index (κ2) is 1.10. The number of hydrogen-bond donors (Lipinski definition) is 0. The van der Waals surface area contributed by atoms with Crippen LogP contribution >= 0.6 is 0 Å². The predicted octanol–water partition coefficient (Wildman–Crippen LogP) is 2.32. The van der Waals surface area contributed by atoms with Gasteiger partial charge in [-0.25, -0.2) is 0 Å². The molecular formula is C4H14. The molecule has 0 fully saturated rings. The van der Waals surface area contributed by atoms with E-state index in [4.69, 9.17) is 0 Å². The van der Waals surface area contributed by atoms with E-state index in [0.717, 1.165) is 0 Å². The summed E-state index contributed by atoms with van der Waals surface area (Å²) in [7, 11) is 0. The Morgan fingerprint density at radius 1 is 1.75 bits per heavy atom. The normalized spacial score (nSPS) is 6.50. The van der Waals surface area contributed by atoms with Crippen molar-refractivity contribution >= 4 is 0 Å². The van der Waals surface area contributed by atoms with Crippen molar-refractivity contribution in [3.05, 3.63) is 12.2 Å². The molecule has 0 aromatic carbocycles. The molecule has 0 aromatic rings. The maximum Gasteiger partial charge on any atom is 0 e. The van der Waals surface area contributed by atoms with Gasteiger partial charge < -0.3 is 0 Å². The molecule has 0 heteroatoms. The van der Waals surface area contributed by atoms with Crippen LogP contribution in [0.4, 0.5) is 0 Å². The predicted molar refractivity (Wildman–Crippen MR) is 26.8 cm³/mol. The summed E-state index contributed by atoms with van der Waals surface area (Å²) in [6.07, 6.45) is 0. The molecule has 0 radical (unpaired) electrons. The van der Waals surface area contributed by atoms with E-state index in [1.807, 2.05) is 13.8 Å². The minimum absolute atomic E-state index is 0. The van der Waals surface area contributed by atoms with Crippen molar-refractivity contribution in [1.82, 2.24) is 0 Å². The molecule has 0 heterocycles. The van der Waals surface area contributed by atoms with E-state index in [9.17, 15) is 0 Å². The smallest absolute Gasteiger partial charge is 0 e. The van der Waals surface area contributed by atoms with Crippen molar-refractivity contribution in [3.8, 4) is 0 Å². The minimum atomic E-state index is 0. The zero-order valence-electron chi connectivity index (χ0n) is 3.21. The first-order valence-corrected chi connectivity index (χ1v) is 1.35. The molecule has 0 saturated carbocycles. The Labute approximate surface area is 31.6 Å². The SMILES string of the molecule is C=C(C)C.[2HH].[2HH].[2HH]. The van der Waals surface area contributed by atoms with E-state index in [0.29, 0.717) is 0 Å². The Hall–Kier alpha value is -0.260. The average Bonchev–Trinajstić information content (AvgIpc) is 0.811. The topological polar surface area (TPSA) is 0 Å². The first-order chi connectivity index (χ1) is 1.73. The van der Waals surface area contributed by atoms with Crippen LogP contribution in [-0.2, 0) is 0 Å². The summed E-state index contributed by atoms with van der Waals surface area (Å²) >= 11 is 0. The lowest BCUT2D eigenvalue weighted by Gasteiger charge is -1.65. The summed E-state index contributed by atoms with van der Waals surface area (Å²) in [6, 6.07) is 0. The Morgan fingerprint density at radius 2 is 1.75 bits per heavy atom. The van der Waals surface area contributed by atoms with Gasteiger partial charge in [0.1, 0.15) is 0 Å². The summed E-state index contributed by atoms with van der Waals surface area (Å²) in [5, 5.41) is 0. The second-order valence-electron chi connectivity index (χ2n) is 1.21. The van der Waals surface area contributed by atoms with E-state index in [-0.39, 0.29) is 4.28 Å². The molecule has 0 aliphatic carbocycles.